The Bertz CT molecular complexity index is 608. The summed E-state index contributed by atoms with van der Waals surface area (Å²) in [5, 5.41) is 5.73. The molecule has 0 aliphatic carbocycles. The first-order chi connectivity index (χ1) is 11.3. The van der Waals surface area contributed by atoms with Gasteiger partial charge in [0, 0.05) is 25.7 Å². The molecule has 1 aliphatic heterocycles. The summed E-state index contributed by atoms with van der Waals surface area (Å²) >= 11 is 0. The van der Waals surface area contributed by atoms with Crippen molar-refractivity contribution in [3.63, 3.8) is 0 Å². The van der Waals surface area contributed by atoms with Crippen molar-refractivity contribution in [2.45, 2.75) is 32.9 Å². The van der Waals surface area contributed by atoms with Gasteiger partial charge in [-0.25, -0.2) is 8.78 Å². The molecule has 2 rings (SSSR count). The minimum absolute atomic E-state index is 0. The van der Waals surface area contributed by atoms with Crippen LogP contribution in [0.1, 0.15) is 31.1 Å². The first kappa shape index (κ1) is 21.3. The highest BCUT2D eigenvalue weighted by Gasteiger charge is 2.32. The molecule has 1 fully saturated rings. The maximum absolute atomic E-state index is 13.8. The summed E-state index contributed by atoms with van der Waals surface area (Å²) in [4.78, 5) is 26.7. The van der Waals surface area contributed by atoms with Gasteiger partial charge in [-0.1, -0.05) is 19.9 Å². The predicted molar refractivity (Wildman–Crippen MR) is 93.7 cm³/mol. The van der Waals surface area contributed by atoms with Crippen LogP contribution in [0.4, 0.5) is 8.78 Å². The van der Waals surface area contributed by atoms with Gasteiger partial charge in [-0.3, -0.25) is 9.59 Å². The zero-order valence-corrected chi connectivity index (χ0v) is 15.3. The van der Waals surface area contributed by atoms with Gasteiger partial charge in [-0.2, -0.15) is 0 Å². The Morgan fingerprint density at radius 3 is 2.40 bits per heavy atom. The fourth-order valence-electron chi connectivity index (χ4n) is 2.77. The van der Waals surface area contributed by atoms with Crippen molar-refractivity contribution in [2.24, 2.45) is 5.92 Å². The third-order valence-corrected chi connectivity index (χ3v) is 4.09. The molecular formula is C17H24ClF2N3O2. The average Bonchev–Trinajstić information content (AvgIpc) is 2.51. The molecule has 1 saturated heterocycles. The average molecular weight is 376 g/mol. The highest BCUT2D eigenvalue weighted by atomic mass is 35.5. The number of nitrogens with zero attached hydrogens (tertiary/aromatic N) is 1. The maximum Gasteiger partial charge on any atom is 0.257 e. The smallest absolute Gasteiger partial charge is 0.257 e. The van der Waals surface area contributed by atoms with E-state index < -0.39 is 29.1 Å². The molecule has 140 valence electrons. The summed E-state index contributed by atoms with van der Waals surface area (Å²) in [5.41, 5.74) is -0.662. The molecule has 2 N–H and O–H groups in total. The maximum atomic E-state index is 13.8. The molecule has 2 atom stereocenters. The number of benzene rings is 1. The molecule has 0 bridgehead atoms. The quantitative estimate of drug-likeness (QED) is 0.845. The monoisotopic (exact) mass is 375 g/mol. The van der Waals surface area contributed by atoms with Gasteiger partial charge < -0.3 is 15.5 Å². The molecule has 0 spiro atoms. The number of hydrogen-bond donors (Lipinski definition) is 2. The van der Waals surface area contributed by atoms with E-state index in [9.17, 15) is 18.4 Å². The lowest BCUT2D eigenvalue weighted by molar-refractivity contribution is -0.135. The molecule has 5 nitrogen and oxygen atoms in total. The summed E-state index contributed by atoms with van der Waals surface area (Å²) in [6, 6.07) is 2.55. The van der Waals surface area contributed by atoms with Crippen molar-refractivity contribution in [3.8, 4) is 0 Å². The Morgan fingerprint density at radius 2 is 1.88 bits per heavy atom. The molecule has 8 heteroatoms. The minimum Gasteiger partial charge on any atom is -0.340 e. The van der Waals surface area contributed by atoms with E-state index >= 15 is 0 Å². The number of piperazine rings is 1. The molecule has 2 unspecified atom stereocenters. The van der Waals surface area contributed by atoms with E-state index in [0.717, 1.165) is 12.1 Å². The molecular weight excluding hydrogens is 352 g/mol. The summed E-state index contributed by atoms with van der Waals surface area (Å²) in [5.74, 6) is -3.25. The lowest BCUT2D eigenvalue weighted by atomic mass is 10.0. The molecule has 2 amide bonds. The van der Waals surface area contributed by atoms with Gasteiger partial charge in [-0.15, -0.1) is 12.4 Å². The number of nitrogens with one attached hydrogen (secondary N) is 2. The topological polar surface area (TPSA) is 61.4 Å². The Hall–Kier alpha value is -1.73. The Balaban J connectivity index is 0.00000312. The van der Waals surface area contributed by atoms with E-state index in [1.807, 2.05) is 6.92 Å². The van der Waals surface area contributed by atoms with Crippen molar-refractivity contribution >= 4 is 24.2 Å². The van der Waals surface area contributed by atoms with Crippen molar-refractivity contribution in [2.75, 3.05) is 19.6 Å². The van der Waals surface area contributed by atoms with Crippen molar-refractivity contribution in [1.29, 1.82) is 0 Å². The van der Waals surface area contributed by atoms with Gasteiger partial charge in [0.2, 0.25) is 5.91 Å². The normalized spacial score (nSPS) is 18.5. The summed E-state index contributed by atoms with van der Waals surface area (Å²) in [7, 11) is 0. The standard InChI is InChI=1S/C17H23F2N3O2.ClH/c1-10(2)15(17(24)22-8-7-20-11(3)9-22)21-16(23)14-12(18)5-4-6-13(14)19;/h4-6,10-11,15,20H,7-9H2,1-3H3,(H,21,23);1H. The van der Waals surface area contributed by atoms with E-state index in [4.69, 9.17) is 0 Å². The van der Waals surface area contributed by atoms with E-state index in [2.05, 4.69) is 10.6 Å². The van der Waals surface area contributed by atoms with E-state index in [1.165, 1.54) is 6.07 Å². The van der Waals surface area contributed by atoms with Crippen LogP contribution >= 0.6 is 12.4 Å². The van der Waals surface area contributed by atoms with Crippen LogP contribution in [0.3, 0.4) is 0 Å². The van der Waals surface area contributed by atoms with Gasteiger partial charge in [0.1, 0.15) is 23.2 Å². The fraction of sp³-hybridized carbons (Fsp3) is 0.529. The van der Waals surface area contributed by atoms with Gasteiger partial charge in [0.05, 0.1) is 0 Å². The van der Waals surface area contributed by atoms with Gasteiger partial charge >= 0.3 is 0 Å². The largest absolute Gasteiger partial charge is 0.340 e. The Kier molecular flexibility index (Phi) is 7.76. The van der Waals surface area contributed by atoms with Gasteiger partial charge in [0.25, 0.3) is 5.91 Å². The number of halogens is 3. The second-order valence-corrected chi connectivity index (χ2v) is 6.43. The van der Waals surface area contributed by atoms with E-state index in [0.29, 0.717) is 19.6 Å². The molecule has 25 heavy (non-hydrogen) atoms. The lowest BCUT2D eigenvalue weighted by Gasteiger charge is -2.35. The minimum atomic E-state index is -0.946. The van der Waals surface area contributed by atoms with Gasteiger partial charge in [-0.05, 0) is 25.0 Å². The number of hydrogen-bond acceptors (Lipinski definition) is 3. The van der Waals surface area contributed by atoms with Crippen molar-refractivity contribution in [1.82, 2.24) is 15.5 Å². The number of rotatable bonds is 4. The second kappa shape index (κ2) is 9.10. The number of carbonyl (C=O) groups excluding carboxylic acids is 2. The fourth-order valence-corrected chi connectivity index (χ4v) is 2.77. The molecule has 1 aromatic carbocycles. The van der Waals surface area contributed by atoms with Crippen LogP contribution in [0.15, 0.2) is 18.2 Å². The zero-order chi connectivity index (χ0) is 17.9. The van der Waals surface area contributed by atoms with Crippen LogP contribution in [0, 0.1) is 17.6 Å². The molecule has 0 radical (unpaired) electrons. The zero-order valence-electron chi connectivity index (χ0n) is 14.5. The third-order valence-electron chi connectivity index (χ3n) is 4.09. The van der Waals surface area contributed by atoms with Crippen LogP contribution < -0.4 is 10.6 Å². The predicted octanol–water partition coefficient (Wildman–Crippen LogP) is 1.96. The highest BCUT2D eigenvalue weighted by molar-refractivity contribution is 5.98. The van der Waals surface area contributed by atoms with Crippen LogP contribution in [0.5, 0.6) is 0 Å². The molecule has 1 aromatic rings. The lowest BCUT2D eigenvalue weighted by Crippen LogP contribution is -2.58. The van der Waals surface area contributed by atoms with Crippen LogP contribution in [0.25, 0.3) is 0 Å². The third kappa shape index (κ3) is 5.12. The van der Waals surface area contributed by atoms with E-state index in [-0.39, 0.29) is 30.3 Å². The van der Waals surface area contributed by atoms with Crippen LogP contribution in [-0.2, 0) is 4.79 Å². The molecule has 0 saturated carbocycles. The molecule has 0 aromatic heterocycles. The summed E-state index contributed by atoms with van der Waals surface area (Å²) in [6.45, 7) is 7.28. The number of amides is 2. The summed E-state index contributed by atoms with van der Waals surface area (Å²) in [6.07, 6.45) is 0. The summed E-state index contributed by atoms with van der Waals surface area (Å²) < 4.78 is 27.5. The van der Waals surface area contributed by atoms with Crippen LogP contribution in [0.2, 0.25) is 0 Å². The SMILES string of the molecule is CC1CN(C(=O)C(NC(=O)c2c(F)cccc2F)C(C)C)CCN1.Cl. The van der Waals surface area contributed by atoms with Crippen molar-refractivity contribution in [3.05, 3.63) is 35.4 Å². The Morgan fingerprint density at radius 1 is 1.28 bits per heavy atom. The molecule has 1 aliphatic rings. The Labute approximate surface area is 152 Å². The first-order valence-electron chi connectivity index (χ1n) is 8.08. The van der Waals surface area contributed by atoms with Crippen LogP contribution in [-0.4, -0.2) is 48.4 Å². The molecule has 1 heterocycles. The van der Waals surface area contributed by atoms with E-state index in [1.54, 1.807) is 18.7 Å². The number of carbonyl (C=O) groups is 2. The highest BCUT2D eigenvalue weighted by Crippen LogP contribution is 2.14. The van der Waals surface area contributed by atoms with Gasteiger partial charge in [0.15, 0.2) is 0 Å². The second-order valence-electron chi connectivity index (χ2n) is 6.43. The van der Waals surface area contributed by atoms with Crippen molar-refractivity contribution < 1.29 is 18.4 Å². The first-order valence-corrected chi connectivity index (χ1v) is 8.08.